The van der Waals surface area contributed by atoms with Gasteiger partial charge in [-0.05, 0) is 38.3 Å². The molecule has 2 aromatic rings. The van der Waals surface area contributed by atoms with Crippen molar-refractivity contribution in [2.45, 2.75) is 34.1 Å². The van der Waals surface area contributed by atoms with E-state index in [1.54, 1.807) is 25.6 Å². The maximum Gasteiger partial charge on any atom is 0.296 e. The first-order valence-electron chi connectivity index (χ1n) is 7.31. The van der Waals surface area contributed by atoms with E-state index in [4.69, 9.17) is 0 Å². The van der Waals surface area contributed by atoms with Gasteiger partial charge in [-0.2, -0.15) is 5.10 Å². The van der Waals surface area contributed by atoms with Crippen LogP contribution in [0.4, 0.5) is 5.69 Å². The first kappa shape index (κ1) is 15.9. The van der Waals surface area contributed by atoms with Crippen molar-refractivity contribution in [2.75, 3.05) is 5.32 Å². The van der Waals surface area contributed by atoms with Crippen molar-refractivity contribution >= 4 is 17.4 Å². The molecule has 22 heavy (non-hydrogen) atoms. The molecule has 0 saturated carbocycles. The Bertz CT molecular complexity index is 745. The van der Waals surface area contributed by atoms with Gasteiger partial charge in [0.1, 0.15) is 0 Å². The predicted octanol–water partition coefficient (Wildman–Crippen LogP) is 2.73. The van der Waals surface area contributed by atoms with Gasteiger partial charge in [0.2, 0.25) is 0 Å². The zero-order valence-corrected chi connectivity index (χ0v) is 13.7. The molecule has 0 radical (unpaired) electrons. The monoisotopic (exact) mass is 299 g/mol. The van der Waals surface area contributed by atoms with E-state index in [0.717, 1.165) is 23.2 Å². The molecule has 0 fully saturated rings. The number of benzene rings is 1. The van der Waals surface area contributed by atoms with Crippen LogP contribution in [0.2, 0.25) is 0 Å². The highest BCUT2D eigenvalue weighted by molar-refractivity contribution is 6.47. The number of amides is 1. The summed E-state index contributed by atoms with van der Waals surface area (Å²) in [6.45, 7) is 7.45. The summed E-state index contributed by atoms with van der Waals surface area (Å²) < 4.78 is 1.61. The molecule has 0 aliphatic rings. The number of Topliss-reactive ketones (excluding diaryl/α,β-unsaturated/α-hetero) is 1. The minimum Gasteiger partial charge on any atom is -0.319 e. The van der Waals surface area contributed by atoms with Crippen LogP contribution in [0, 0.1) is 20.8 Å². The zero-order chi connectivity index (χ0) is 16.4. The Morgan fingerprint density at radius 3 is 2.45 bits per heavy atom. The molecule has 1 aromatic carbocycles. The summed E-state index contributed by atoms with van der Waals surface area (Å²) in [4.78, 5) is 24.8. The van der Waals surface area contributed by atoms with Crippen LogP contribution >= 0.6 is 0 Å². The van der Waals surface area contributed by atoms with E-state index in [1.807, 2.05) is 32.0 Å². The van der Waals surface area contributed by atoms with Crippen LogP contribution in [-0.2, 0) is 18.3 Å². The fraction of sp³-hybridized carbons (Fsp3) is 0.353. The van der Waals surface area contributed by atoms with Crippen molar-refractivity contribution in [1.82, 2.24) is 9.78 Å². The van der Waals surface area contributed by atoms with Crippen LogP contribution in [0.3, 0.4) is 0 Å². The highest BCUT2D eigenvalue weighted by atomic mass is 16.2. The van der Waals surface area contributed by atoms with Crippen molar-refractivity contribution in [3.8, 4) is 0 Å². The lowest BCUT2D eigenvalue weighted by molar-refractivity contribution is -0.112. The average molecular weight is 299 g/mol. The number of nitrogens with zero attached hydrogens (tertiary/aromatic N) is 2. The molecule has 0 unspecified atom stereocenters. The minimum atomic E-state index is -0.622. The van der Waals surface area contributed by atoms with Crippen molar-refractivity contribution in [3.05, 3.63) is 46.3 Å². The number of ketones is 1. The van der Waals surface area contributed by atoms with E-state index in [9.17, 15) is 9.59 Å². The van der Waals surface area contributed by atoms with Gasteiger partial charge in [-0.3, -0.25) is 14.3 Å². The summed E-state index contributed by atoms with van der Waals surface area (Å²) in [6.07, 6.45) is 0.788. The number of aromatic nitrogens is 2. The number of nitrogens with one attached hydrogen (secondary N) is 1. The molecule has 116 valence electrons. The van der Waals surface area contributed by atoms with Crippen LogP contribution in [0.25, 0.3) is 0 Å². The Kier molecular flexibility index (Phi) is 4.45. The average Bonchev–Trinajstić information content (AvgIpc) is 2.73. The number of anilines is 1. The summed E-state index contributed by atoms with van der Waals surface area (Å²) in [5.74, 6) is -1.17. The van der Waals surface area contributed by atoms with Crippen LogP contribution in [0.5, 0.6) is 0 Å². The molecule has 2 rings (SSSR count). The molecule has 1 N–H and O–H groups in total. The van der Waals surface area contributed by atoms with E-state index in [0.29, 0.717) is 17.0 Å². The SMILES string of the molecule is CCc1cccc(C)c1NC(=O)C(=O)c1c(C)nn(C)c1C. The second-order valence-electron chi connectivity index (χ2n) is 5.42. The topological polar surface area (TPSA) is 64.0 Å². The Labute approximate surface area is 130 Å². The van der Waals surface area contributed by atoms with E-state index < -0.39 is 11.7 Å². The van der Waals surface area contributed by atoms with Crippen molar-refractivity contribution in [3.63, 3.8) is 0 Å². The van der Waals surface area contributed by atoms with E-state index in [2.05, 4.69) is 10.4 Å². The van der Waals surface area contributed by atoms with Gasteiger partial charge in [0.25, 0.3) is 11.7 Å². The van der Waals surface area contributed by atoms with Crippen LogP contribution in [0.1, 0.15) is 39.8 Å². The summed E-state index contributed by atoms with van der Waals surface area (Å²) in [6, 6.07) is 5.81. The van der Waals surface area contributed by atoms with E-state index in [-0.39, 0.29) is 0 Å². The third-order valence-electron chi connectivity index (χ3n) is 3.92. The molecule has 0 aliphatic carbocycles. The van der Waals surface area contributed by atoms with Gasteiger partial charge in [-0.25, -0.2) is 0 Å². The molecular formula is C17H21N3O2. The number of carbonyl (C=O) groups is 2. The lowest BCUT2D eigenvalue weighted by Gasteiger charge is -2.12. The van der Waals surface area contributed by atoms with Crippen LogP contribution < -0.4 is 5.32 Å². The van der Waals surface area contributed by atoms with Gasteiger partial charge >= 0.3 is 0 Å². The number of hydrogen-bond donors (Lipinski definition) is 1. The standard InChI is InChI=1S/C17H21N3O2/c1-6-13-9-7-8-10(2)15(13)18-17(22)16(21)14-11(3)19-20(5)12(14)4/h7-9H,6H2,1-5H3,(H,18,22). The second-order valence-corrected chi connectivity index (χ2v) is 5.42. The fourth-order valence-electron chi connectivity index (χ4n) is 2.59. The highest BCUT2D eigenvalue weighted by Crippen LogP contribution is 2.22. The lowest BCUT2D eigenvalue weighted by atomic mass is 10.0. The first-order valence-corrected chi connectivity index (χ1v) is 7.31. The zero-order valence-electron chi connectivity index (χ0n) is 13.7. The number of para-hydroxylation sites is 1. The Hall–Kier alpha value is -2.43. The third-order valence-corrected chi connectivity index (χ3v) is 3.92. The molecule has 0 aliphatic heterocycles. The fourth-order valence-corrected chi connectivity index (χ4v) is 2.59. The maximum atomic E-state index is 12.4. The molecular weight excluding hydrogens is 278 g/mol. The third kappa shape index (κ3) is 2.79. The van der Waals surface area contributed by atoms with Crippen molar-refractivity contribution < 1.29 is 9.59 Å². The Morgan fingerprint density at radius 2 is 1.91 bits per heavy atom. The van der Waals surface area contributed by atoms with Crippen molar-refractivity contribution in [1.29, 1.82) is 0 Å². The molecule has 5 heteroatoms. The van der Waals surface area contributed by atoms with Gasteiger partial charge in [0.05, 0.1) is 11.3 Å². The molecule has 1 heterocycles. The predicted molar refractivity (Wildman–Crippen MR) is 86.2 cm³/mol. The van der Waals surface area contributed by atoms with Crippen LogP contribution in [-0.4, -0.2) is 21.5 Å². The molecule has 0 saturated heterocycles. The quantitative estimate of drug-likeness (QED) is 0.697. The van der Waals surface area contributed by atoms with Crippen molar-refractivity contribution in [2.24, 2.45) is 7.05 Å². The van der Waals surface area contributed by atoms with E-state index >= 15 is 0 Å². The van der Waals surface area contributed by atoms with Gasteiger partial charge in [0, 0.05) is 18.4 Å². The molecule has 0 bridgehead atoms. The number of hydrogen-bond acceptors (Lipinski definition) is 3. The maximum absolute atomic E-state index is 12.4. The smallest absolute Gasteiger partial charge is 0.296 e. The highest BCUT2D eigenvalue weighted by Gasteiger charge is 2.24. The normalized spacial score (nSPS) is 10.6. The number of rotatable bonds is 4. The van der Waals surface area contributed by atoms with Gasteiger partial charge < -0.3 is 5.32 Å². The summed E-state index contributed by atoms with van der Waals surface area (Å²) in [5, 5.41) is 6.95. The molecule has 0 atom stereocenters. The van der Waals surface area contributed by atoms with Gasteiger partial charge in [-0.15, -0.1) is 0 Å². The van der Waals surface area contributed by atoms with Gasteiger partial charge in [-0.1, -0.05) is 25.1 Å². The van der Waals surface area contributed by atoms with Gasteiger partial charge in [0.15, 0.2) is 0 Å². The summed E-state index contributed by atoms with van der Waals surface area (Å²) >= 11 is 0. The number of carbonyl (C=O) groups excluding carboxylic acids is 2. The second kappa shape index (κ2) is 6.13. The van der Waals surface area contributed by atoms with E-state index in [1.165, 1.54) is 0 Å². The largest absolute Gasteiger partial charge is 0.319 e. The molecule has 5 nitrogen and oxygen atoms in total. The molecule has 1 aromatic heterocycles. The number of aryl methyl sites for hydroxylation is 4. The molecule has 1 amide bonds. The minimum absolute atomic E-state index is 0.381. The molecule has 0 spiro atoms. The Morgan fingerprint density at radius 1 is 1.23 bits per heavy atom. The summed E-state index contributed by atoms with van der Waals surface area (Å²) in [5.41, 5.74) is 4.33. The Balaban J connectivity index is 2.32. The lowest BCUT2D eigenvalue weighted by Crippen LogP contribution is -2.25. The first-order chi connectivity index (χ1) is 10.4. The van der Waals surface area contributed by atoms with Crippen LogP contribution in [0.15, 0.2) is 18.2 Å². The summed E-state index contributed by atoms with van der Waals surface area (Å²) in [7, 11) is 1.76.